The summed E-state index contributed by atoms with van der Waals surface area (Å²) in [5.41, 5.74) is 1.68. The van der Waals surface area contributed by atoms with Crippen molar-refractivity contribution >= 4 is 11.8 Å². The number of hydrogen-bond acceptors (Lipinski definition) is 6. The molecular formula is C21H17F3N6S. The lowest BCUT2D eigenvalue weighted by molar-refractivity contribution is -0.141. The van der Waals surface area contributed by atoms with Gasteiger partial charge in [0.05, 0.1) is 5.69 Å². The van der Waals surface area contributed by atoms with E-state index in [1.807, 2.05) is 34.9 Å². The maximum Gasteiger partial charge on any atom is 0.435 e. The van der Waals surface area contributed by atoms with Gasteiger partial charge in [0, 0.05) is 18.0 Å². The van der Waals surface area contributed by atoms with Crippen molar-refractivity contribution in [3.8, 4) is 17.1 Å². The molecule has 0 aliphatic heterocycles. The highest BCUT2D eigenvalue weighted by Gasteiger charge is 2.33. The smallest absolute Gasteiger partial charge is 0.269 e. The molecule has 31 heavy (non-hydrogen) atoms. The Labute approximate surface area is 180 Å². The molecule has 3 heterocycles. The molecule has 0 radical (unpaired) electrons. The van der Waals surface area contributed by atoms with E-state index in [9.17, 15) is 13.2 Å². The molecule has 0 N–H and O–H groups in total. The number of nitrogens with zero attached hydrogens (tertiary/aromatic N) is 6. The van der Waals surface area contributed by atoms with Crippen molar-refractivity contribution in [3.05, 3.63) is 72.2 Å². The summed E-state index contributed by atoms with van der Waals surface area (Å²) in [6, 6.07) is 13.7. The molecule has 3 aromatic heterocycles. The summed E-state index contributed by atoms with van der Waals surface area (Å²) in [4.78, 5) is 4.16. The van der Waals surface area contributed by atoms with Crippen LogP contribution < -0.4 is 0 Å². The van der Waals surface area contributed by atoms with Crippen molar-refractivity contribution in [1.82, 2.24) is 29.9 Å². The number of benzene rings is 1. The van der Waals surface area contributed by atoms with E-state index in [0.717, 1.165) is 34.6 Å². The minimum atomic E-state index is -4.54. The van der Waals surface area contributed by atoms with Gasteiger partial charge in [0.25, 0.3) is 0 Å². The zero-order chi connectivity index (χ0) is 22.0. The molecule has 4 aromatic rings. The van der Waals surface area contributed by atoms with Gasteiger partial charge in [0.2, 0.25) is 5.16 Å². The van der Waals surface area contributed by atoms with Gasteiger partial charge in [-0.2, -0.15) is 13.2 Å². The van der Waals surface area contributed by atoms with E-state index in [-0.39, 0.29) is 10.9 Å². The van der Waals surface area contributed by atoms with Crippen molar-refractivity contribution in [1.29, 1.82) is 0 Å². The van der Waals surface area contributed by atoms with Crippen LogP contribution in [0.5, 0.6) is 0 Å². The van der Waals surface area contributed by atoms with Gasteiger partial charge in [-0.3, -0.25) is 9.55 Å². The first-order valence-electron chi connectivity index (χ1n) is 9.38. The van der Waals surface area contributed by atoms with Crippen molar-refractivity contribution in [3.63, 3.8) is 0 Å². The number of halogens is 3. The number of hydrogen-bond donors (Lipinski definition) is 0. The van der Waals surface area contributed by atoms with E-state index in [0.29, 0.717) is 11.0 Å². The zero-order valence-electron chi connectivity index (χ0n) is 16.6. The highest BCUT2D eigenvalue weighted by molar-refractivity contribution is 7.99. The Kier molecular flexibility index (Phi) is 5.73. The van der Waals surface area contributed by atoms with Gasteiger partial charge in [-0.25, -0.2) is 0 Å². The minimum Gasteiger partial charge on any atom is -0.269 e. The van der Waals surface area contributed by atoms with Crippen LogP contribution in [0.15, 0.2) is 71.1 Å². The lowest BCUT2D eigenvalue weighted by atomic mass is 10.0. The molecule has 158 valence electrons. The first-order chi connectivity index (χ1) is 14.8. The maximum atomic E-state index is 12.8. The largest absolute Gasteiger partial charge is 0.435 e. The van der Waals surface area contributed by atoms with Gasteiger partial charge in [-0.05, 0) is 53.6 Å². The summed E-state index contributed by atoms with van der Waals surface area (Å²) in [5.74, 6) is 0.799. The van der Waals surface area contributed by atoms with Gasteiger partial charge < -0.3 is 0 Å². The standard InChI is InChI=1S/C21H17F3N6S/c1-13(2)15-7-3-4-8-16(15)30-19(14-6-5-11-25-12-14)28-29-20(30)31-18-10-9-17(26-27-18)21(22,23)24/h3-13H,1-2H3. The topological polar surface area (TPSA) is 69.4 Å². The minimum absolute atomic E-state index is 0.226. The second kappa shape index (κ2) is 8.46. The quantitative estimate of drug-likeness (QED) is 0.412. The molecule has 1 aromatic carbocycles. The summed E-state index contributed by atoms with van der Waals surface area (Å²) in [6.45, 7) is 4.17. The Hall–Kier alpha value is -3.27. The first-order valence-corrected chi connectivity index (χ1v) is 10.2. The molecule has 0 saturated carbocycles. The second-order valence-corrected chi connectivity index (χ2v) is 7.94. The highest BCUT2D eigenvalue weighted by atomic mass is 32.2. The van der Waals surface area contributed by atoms with Gasteiger partial charge in [0.1, 0.15) is 5.03 Å². The summed E-state index contributed by atoms with van der Waals surface area (Å²) in [5, 5.41) is 16.4. The molecule has 4 rings (SSSR count). The molecule has 0 spiro atoms. The van der Waals surface area contributed by atoms with Crippen LogP contribution in [0.2, 0.25) is 0 Å². The first kappa shape index (κ1) is 21.0. The molecular weight excluding hydrogens is 425 g/mol. The van der Waals surface area contributed by atoms with Crippen LogP contribution in [-0.4, -0.2) is 29.9 Å². The Balaban J connectivity index is 1.82. The zero-order valence-corrected chi connectivity index (χ0v) is 17.4. The molecule has 6 nitrogen and oxygen atoms in total. The highest BCUT2D eigenvalue weighted by Crippen LogP contribution is 2.35. The maximum absolute atomic E-state index is 12.8. The van der Waals surface area contributed by atoms with Gasteiger partial charge >= 0.3 is 6.18 Å². The predicted octanol–water partition coefficient (Wildman–Crippen LogP) is 5.41. The Bertz CT molecular complexity index is 1170. The normalized spacial score (nSPS) is 11.8. The number of alkyl halides is 3. The van der Waals surface area contributed by atoms with Crippen molar-refractivity contribution in [2.24, 2.45) is 0 Å². The molecule has 0 bridgehead atoms. The van der Waals surface area contributed by atoms with Crippen LogP contribution in [0.25, 0.3) is 17.1 Å². The average molecular weight is 442 g/mol. The van der Waals surface area contributed by atoms with E-state index in [2.05, 4.69) is 39.2 Å². The fourth-order valence-electron chi connectivity index (χ4n) is 3.03. The average Bonchev–Trinajstić information content (AvgIpc) is 3.17. The predicted molar refractivity (Wildman–Crippen MR) is 110 cm³/mol. The van der Waals surface area contributed by atoms with Crippen LogP contribution >= 0.6 is 11.8 Å². The molecule has 0 amide bonds. The number of para-hydroxylation sites is 1. The van der Waals surface area contributed by atoms with Crippen LogP contribution in [-0.2, 0) is 6.18 Å². The molecule has 0 aliphatic carbocycles. The SMILES string of the molecule is CC(C)c1ccccc1-n1c(Sc2ccc(C(F)(F)F)nn2)nnc1-c1cccnc1. The third-order valence-corrected chi connectivity index (χ3v) is 5.35. The van der Waals surface area contributed by atoms with Crippen LogP contribution in [0.4, 0.5) is 13.2 Å². The second-order valence-electron chi connectivity index (χ2n) is 6.95. The van der Waals surface area contributed by atoms with Gasteiger partial charge in [-0.15, -0.1) is 20.4 Å². The number of pyridine rings is 1. The van der Waals surface area contributed by atoms with Gasteiger partial charge in [0.15, 0.2) is 11.5 Å². The Morgan fingerprint density at radius 1 is 0.903 bits per heavy atom. The summed E-state index contributed by atoms with van der Waals surface area (Å²) >= 11 is 1.09. The van der Waals surface area contributed by atoms with Crippen molar-refractivity contribution in [2.45, 2.75) is 36.1 Å². The monoisotopic (exact) mass is 442 g/mol. The fraction of sp³-hybridized carbons (Fsp3) is 0.190. The Morgan fingerprint density at radius 3 is 2.35 bits per heavy atom. The fourth-order valence-corrected chi connectivity index (χ4v) is 3.80. The molecule has 0 saturated heterocycles. The van der Waals surface area contributed by atoms with Crippen LogP contribution in [0.1, 0.15) is 31.0 Å². The molecule has 10 heteroatoms. The van der Waals surface area contributed by atoms with Crippen LogP contribution in [0, 0.1) is 0 Å². The number of rotatable bonds is 5. The summed E-state index contributed by atoms with van der Waals surface area (Å²) < 4.78 is 40.3. The van der Waals surface area contributed by atoms with E-state index < -0.39 is 11.9 Å². The van der Waals surface area contributed by atoms with E-state index in [1.54, 1.807) is 18.5 Å². The van der Waals surface area contributed by atoms with E-state index in [1.165, 1.54) is 6.07 Å². The van der Waals surface area contributed by atoms with Gasteiger partial charge in [-0.1, -0.05) is 32.0 Å². The molecule has 0 atom stereocenters. The summed E-state index contributed by atoms with van der Waals surface area (Å²) in [7, 11) is 0. The third kappa shape index (κ3) is 4.43. The van der Waals surface area contributed by atoms with E-state index in [4.69, 9.17) is 0 Å². The Morgan fingerprint density at radius 2 is 1.71 bits per heavy atom. The van der Waals surface area contributed by atoms with Crippen molar-refractivity contribution < 1.29 is 13.2 Å². The summed E-state index contributed by atoms with van der Waals surface area (Å²) in [6.07, 6.45) is -1.19. The van der Waals surface area contributed by atoms with Crippen molar-refractivity contribution in [2.75, 3.05) is 0 Å². The molecule has 0 unspecified atom stereocenters. The van der Waals surface area contributed by atoms with E-state index >= 15 is 0 Å². The molecule has 0 fully saturated rings. The molecule has 0 aliphatic rings. The lowest BCUT2D eigenvalue weighted by Gasteiger charge is -2.16. The third-order valence-electron chi connectivity index (χ3n) is 4.48. The lowest BCUT2D eigenvalue weighted by Crippen LogP contribution is -2.09. The van der Waals surface area contributed by atoms with Crippen LogP contribution in [0.3, 0.4) is 0 Å². The number of aromatic nitrogens is 6.